The highest BCUT2D eigenvalue weighted by Crippen LogP contribution is 2.27. The number of ketones is 1. The monoisotopic (exact) mass is 354 g/mol. The van der Waals surface area contributed by atoms with E-state index in [1.165, 1.54) is 6.92 Å². The number of benzene rings is 2. The number of carbonyl (C=O) groups excluding carboxylic acids is 1. The van der Waals surface area contributed by atoms with Crippen LogP contribution in [0.1, 0.15) is 22.8 Å². The number of carbonyl (C=O) groups is 1. The van der Waals surface area contributed by atoms with Gasteiger partial charge in [0.1, 0.15) is 17.4 Å². The summed E-state index contributed by atoms with van der Waals surface area (Å²) in [4.78, 5) is 12.2. The zero-order chi connectivity index (χ0) is 15.6. The summed E-state index contributed by atoms with van der Waals surface area (Å²) in [6.07, 6.45) is -0.885. The van der Waals surface area contributed by atoms with Crippen molar-refractivity contribution in [1.29, 1.82) is 0 Å². The van der Waals surface area contributed by atoms with Crippen LogP contribution in [0.5, 0.6) is 5.75 Å². The molecule has 1 atom stereocenters. The first kappa shape index (κ1) is 15.6. The molecule has 2 nitrogen and oxygen atoms in total. The van der Waals surface area contributed by atoms with Crippen LogP contribution < -0.4 is 4.74 Å². The van der Waals surface area contributed by atoms with Crippen molar-refractivity contribution in [3.05, 3.63) is 63.6 Å². The number of ether oxygens (including phenoxy) is 1. The van der Waals surface area contributed by atoms with Crippen molar-refractivity contribution >= 4 is 21.7 Å². The van der Waals surface area contributed by atoms with Crippen LogP contribution in [0.2, 0.25) is 0 Å². The van der Waals surface area contributed by atoms with Gasteiger partial charge >= 0.3 is 0 Å². The lowest BCUT2D eigenvalue weighted by Crippen LogP contribution is -2.25. The summed E-state index contributed by atoms with van der Waals surface area (Å²) in [5.74, 6) is -1.67. The zero-order valence-electron chi connectivity index (χ0n) is 11.5. The third kappa shape index (κ3) is 3.67. The highest BCUT2D eigenvalue weighted by molar-refractivity contribution is 9.10. The maximum Gasteiger partial charge on any atom is 0.205 e. The fraction of sp³-hybridized carbons (Fsp3) is 0.188. The molecule has 0 radical (unpaired) electrons. The maximum atomic E-state index is 13.6. The van der Waals surface area contributed by atoms with Crippen molar-refractivity contribution in [2.24, 2.45) is 0 Å². The van der Waals surface area contributed by atoms with E-state index < -0.39 is 23.5 Å². The van der Waals surface area contributed by atoms with Gasteiger partial charge in [0.2, 0.25) is 5.78 Å². The lowest BCUT2D eigenvalue weighted by atomic mass is 10.1. The number of halogens is 3. The Morgan fingerprint density at radius 2 is 1.90 bits per heavy atom. The van der Waals surface area contributed by atoms with Crippen LogP contribution in [0.25, 0.3) is 0 Å². The van der Waals surface area contributed by atoms with Crippen LogP contribution in [-0.4, -0.2) is 11.9 Å². The Morgan fingerprint density at radius 1 is 1.19 bits per heavy atom. The van der Waals surface area contributed by atoms with Gasteiger partial charge in [0, 0.05) is 6.07 Å². The average Bonchev–Trinajstić information content (AvgIpc) is 2.41. The van der Waals surface area contributed by atoms with Gasteiger partial charge in [-0.15, -0.1) is 0 Å². The Bertz CT molecular complexity index is 686. The summed E-state index contributed by atoms with van der Waals surface area (Å²) < 4.78 is 32.7. The second-order valence-electron chi connectivity index (χ2n) is 4.68. The highest BCUT2D eigenvalue weighted by Gasteiger charge is 2.21. The minimum atomic E-state index is -0.890. The molecule has 110 valence electrons. The molecule has 0 spiro atoms. The summed E-state index contributed by atoms with van der Waals surface area (Å²) in [6, 6.07) is 8.27. The summed E-state index contributed by atoms with van der Waals surface area (Å²) in [5, 5.41) is 0. The summed E-state index contributed by atoms with van der Waals surface area (Å²) >= 11 is 3.35. The minimum Gasteiger partial charge on any atom is -0.481 e. The Balaban J connectivity index is 2.19. The number of hydrogen-bond acceptors (Lipinski definition) is 2. The molecule has 0 heterocycles. The first-order chi connectivity index (χ1) is 9.88. The first-order valence-corrected chi connectivity index (χ1v) is 7.10. The van der Waals surface area contributed by atoms with Gasteiger partial charge in [0.15, 0.2) is 6.10 Å². The molecule has 5 heteroatoms. The van der Waals surface area contributed by atoms with Crippen LogP contribution in [0.15, 0.2) is 40.9 Å². The third-order valence-electron chi connectivity index (χ3n) is 2.96. The van der Waals surface area contributed by atoms with Gasteiger partial charge in [-0.05, 0) is 59.6 Å². The molecular weight excluding hydrogens is 342 g/mol. The maximum absolute atomic E-state index is 13.6. The van der Waals surface area contributed by atoms with Crippen LogP contribution in [0, 0.1) is 18.6 Å². The van der Waals surface area contributed by atoms with E-state index in [9.17, 15) is 13.6 Å². The Kier molecular flexibility index (Phi) is 4.73. The molecule has 0 aliphatic rings. The second-order valence-corrected chi connectivity index (χ2v) is 5.54. The summed E-state index contributed by atoms with van der Waals surface area (Å²) in [5.41, 5.74) is 0.852. The average molecular weight is 355 g/mol. The van der Waals surface area contributed by atoms with Gasteiger partial charge in [0.05, 0.1) is 10.0 Å². The van der Waals surface area contributed by atoms with Crippen LogP contribution in [-0.2, 0) is 0 Å². The smallest absolute Gasteiger partial charge is 0.205 e. The van der Waals surface area contributed by atoms with Crippen molar-refractivity contribution < 1.29 is 18.3 Å². The van der Waals surface area contributed by atoms with E-state index in [0.29, 0.717) is 16.3 Å². The molecule has 0 saturated heterocycles. The Hall–Kier alpha value is -1.75. The van der Waals surface area contributed by atoms with Crippen molar-refractivity contribution in [2.45, 2.75) is 20.0 Å². The quantitative estimate of drug-likeness (QED) is 0.744. The largest absolute Gasteiger partial charge is 0.481 e. The molecule has 2 rings (SSSR count). The topological polar surface area (TPSA) is 26.3 Å². The van der Waals surface area contributed by atoms with E-state index in [4.69, 9.17) is 4.74 Å². The second kappa shape index (κ2) is 6.35. The lowest BCUT2D eigenvalue weighted by molar-refractivity contribution is 0.0812. The minimum absolute atomic E-state index is 0.188. The van der Waals surface area contributed by atoms with Crippen LogP contribution in [0.4, 0.5) is 8.78 Å². The highest BCUT2D eigenvalue weighted by atomic mass is 79.9. The fourth-order valence-corrected chi connectivity index (χ4v) is 2.44. The molecule has 1 unspecified atom stereocenters. The predicted molar refractivity (Wildman–Crippen MR) is 79.7 cm³/mol. The molecule has 0 N–H and O–H groups in total. The van der Waals surface area contributed by atoms with Gasteiger partial charge in [-0.25, -0.2) is 8.78 Å². The molecular formula is C16H13BrF2O2. The van der Waals surface area contributed by atoms with Gasteiger partial charge in [0.25, 0.3) is 0 Å². The lowest BCUT2D eigenvalue weighted by Gasteiger charge is -2.15. The van der Waals surface area contributed by atoms with E-state index in [0.717, 1.165) is 17.7 Å². The van der Waals surface area contributed by atoms with Gasteiger partial charge in [-0.1, -0.05) is 6.07 Å². The molecule has 0 saturated carbocycles. The van der Waals surface area contributed by atoms with E-state index in [-0.39, 0.29) is 5.56 Å². The van der Waals surface area contributed by atoms with Crippen molar-refractivity contribution in [3.63, 3.8) is 0 Å². The van der Waals surface area contributed by atoms with Crippen molar-refractivity contribution in [3.8, 4) is 5.75 Å². The number of hydrogen-bond donors (Lipinski definition) is 0. The number of Topliss-reactive ketones (excluding diaryl/α,β-unsaturated/α-hetero) is 1. The van der Waals surface area contributed by atoms with Crippen LogP contribution >= 0.6 is 15.9 Å². The third-order valence-corrected chi connectivity index (χ3v) is 3.58. The predicted octanol–water partition coefficient (Wildman–Crippen LogP) is 4.69. The SMILES string of the molecule is Cc1ccc(OC(C)C(=O)c2ccc(F)cc2F)c(Br)c1. The van der Waals surface area contributed by atoms with E-state index >= 15 is 0 Å². The van der Waals surface area contributed by atoms with Crippen LogP contribution in [0.3, 0.4) is 0 Å². The fourth-order valence-electron chi connectivity index (χ4n) is 1.85. The van der Waals surface area contributed by atoms with Gasteiger partial charge in [-0.2, -0.15) is 0 Å². The van der Waals surface area contributed by atoms with E-state index in [2.05, 4.69) is 15.9 Å². The zero-order valence-corrected chi connectivity index (χ0v) is 13.1. The van der Waals surface area contributed by atoms with Gasteiger partial charge in [-0.3, -0.25) is 4.79 Å². The summed E-state index contributed by atoms with van der Waals surface area (Å²) in [7, 11) is 0. The van der Waals surface area contributed by atoms with E-state index in [1.54, 1.807) is 6.07 Å². The number of aryl methyl sites for hydroxylation is 1. The van der Waals surface area contributed by atoms with Crippen molar-refractivity contribution in [2.75, 3.05) is 0 Å². The molecule has 2 aromatic rings. The van der Waals surface area contributed by atoms with Gasteiger partial charge < -0.3 is 4.74 Å². The van der Waals surface area contributed by atoms with Crippen molar-refractivity contribution in [1.82, 2.24) is 0 Å². The molecule has 0 bridgehead atoms. The first-order valence-electron chi connectivity index (χ1n) is 6.30. The molecule has 0 aliphatic carbocycles. The molecule has 0 aromatic heterocycles. The molecule has 0 fully saturated rings. The standard InChI is InChI=1S/C16H13BrF2O2/c1-9-3-6-15(13(17)7-9)21-10(2)16(20)12-5-4-11(18)8-14(12)19/h3-8,10H,1-2H3. The number of rotatable bonds is 4. The molecule has 0 amide bonds. The molecule has 21 heavy (non-hydrogen) atoms. The Labute approximate surface area is 129 Å². The Morgan fingerprint density at radius 3 is 2.52 bits per heavy atom. The molecule has 2 aromatic carbocycles. The van der Waals surface area contributed by atoms with E-state index in [1.807, 2.05) is 19.1 Å². The summed E-state index contributed by atoms with van der Waals surface area (Å²) in [6.45, 7) is 3.45. The normalized spacial score (nSPS) is 12.0. The molecule has 0 aliphatic heterocycles.